The minimum atomic E-state index is 0.174. The van der Waals surface area contributed by atoms with Crippen molar-refractivity contribution >= 4 is 16.8 Å². The van der Waals surface area contributed by atoms with Gasteiger partial charge in [0.05, 0.1) is 5.56 Å². The van der Waals surface area contributed by atoms with Gasteiger partial charge >= 0.3 is 0 Å². The normalized spacial score (nSPS) is 11.0. The van der Waals surface area contributed by atoms with Gasteiger partial charge in [0.15, 0.2) is 5.58 Å². The number of anilines is 1. The molecule has 3 rings (SSSR count). The second-order valence-corrected chi connectivity index (χ2v) is 4.86. The molecular weight excluding hydrogens is 264 g/mol. The average Bonchev–Trinajstić information content (AvgIpc) is 2.92. The molecule has 3 aromatic rings. The fourth-order valence-corrected chi connectivity index (χ4v) is 2.47. The first-order chi connectivity index (χ1) is 10.2. The largest absolute Gasteiger partial charge is 0.507 e. The van der Waals surface area contributed by atoms with E-state index in [4.69, 9.17) is 4.42 Å². The summed E-state index contributed by atoms with van der Waals surface area (Å²) in [6.45, 7) is 6.15. The summed E-state index contributed by atoms with van der Waals surface area (Å²) in [6, 6.07) is 13.1. The molecule has 0 radical (unpaired) electrons. The van der Waals surface area contributed by atoms with Crippen LogP contribution in [-0.2, 0) is 0 Å². The maximum absolute atomic E-state index is 9.90. The van der Waals surface area contributed by atoms with E-state index in [1.165, 1.54) is 0 Å². The molecule has 0 atom stereocenters. The molecule has 4 nitrogen and oxygen atoms in total. The Morgan fingerprint density at radius 1 is 1.10 bits per heavy atom. The van der Waals surface area contributed by atoms with Crippen LogP contribution in [0, 0.1) is 0 Å². The number of phenols is 1. The molecule has 0 bridgehead atoms. The number of para-hydroxylation sites is 1. The first-order valence-electron chi connectivity index (χ1n) is 7.16. The summed E-state index contributed by atoms with van der Waals surface area (Å²) in [5.74, 6) is 0.618. The Morgan fingerprint density at radius 2 is 1.86 bits per heavy atom. The quantitative estimate of drug-likeness (QED) is 0.784. The molecule has 0 spiro atoms. The summed E-state index contributed by atoms with van der Waals surface area (Å²) in [5.41, 5.74) is 3.26. The van der Waals surface area contributed by atoms with Crippen LogP contribution in [0.25, 0.3) is 22.6 Å². The Morgan fingerprint density at radius 3 is 2.57 bits per heavy atom. The third-order valence-corrected chi connectivity index (χ3v) is 3.64. The van der Waals surface area contributed by atoms with E-state index in [2.05, 4.69) is 23.7 Å². The molecule has 0 unspecified atom stereocenters. The molecule has 2 aromatic carbocycles. The zero-order valence-corrected chi connectivity index (χ0v) is 12.2. The number of aromatic nitrogens is 1. The maximum atomic E-state index is 9.90. The third kappa shape index (κ3) is 2.44. The van der Waals surface area contributed by atoms with Gasteiger partial charge in [0, 0.05) is 24.8 Å². The van der Waals surface area contributed by atoms with Crippen LogP contribution in [0.15, 0.2) is 46.9 Å². The molecule has 21 heavy (non-hydrogen) atoms. The second-order valence-electron chi connectivity index (χ2n) is 4.86. The first kappa shape index (κ1) is 13.5. The minimum absolute atomic E-state index is 0.174. The Bertz CT molecular complexity index is 760. The molecule has 4 heteroatoms. The van der Waals surface area contributed by atoms with Crippen LogP contribution in [0.3, 0.4) is 0 Å². The summed E-state index contributed by atoms with van der Waals surface area (Å²) >= 11 is 0. The van der Waals surface area contributed by atoms with Crippen LogP contribution in [0.2, 0.25) is 0 Å². The first-order valence-corrected chi connectivity index (χ1v) is 7.16. The lowest BCUT2D eigenvalue weighted by Gasteiger charge is -2.20. The average molecular weight is 282 g/mol. The van der Waals surface area contributed by atoms with Crippen LogP contribution in [-0.4, -0.2) is 23.2 Å². The van der Waals surface area contributed by atoms with Crippen molar-refractivity contribution in [2.45, 2.75) is 13.8 Å². The van der Waals surface area contributed by atoms with Gasteiger partial charge in [-0.05, 0) is 38.1 Å². The number of hydrogen-bond acceptors (Lipinski definition) is 4. The fourth-order valence-electron chi connectivity index (χ4n) is 2.47. The highest BCUT2D eigenvalue weighted by Crippen LogP contribution is 2.32. The summed E-state index contributed by atoms with van der Waals surface area (Å²) in [5, 5.41) is 9.90. The van der Waals surface area contributed by atoms with Crippen LogP contribution >= 0.6 is 0 Å². The van der Waals surface area contributed by atoms with E-state index in [0.29, 0.717) is 11.5 Å². The zero-order chi connectivity index (χ0) is 14.8. The van der Waals surface area contributed by atoms with Gasteiger partial charge in [0.25, 0.3) is 0 Å². The van der Waals surface area contributed by atoms with Crippen molar-refractivity contribution in [1.82, 2.24) is 4.98 Å². The number of hydrogen-bond donors (Lipinski definition) is 1. The van der Waals surface area contributed by atoms with Crippen molar-refractivity contribution in [1.29, 1.82) is 0 Å². The fraction of sp³-hybridized carbons (Fsp3) is 0.235. The van der Waals surface area contributed by atoms with Gasteiger partial charge in [-0.2, -0.15) is 0 Å². The molecule has 0 amide bonds. The van der Waals surface area contributed by atoms with E-state index in [0.717, 1.165) is 29.9 Å². The second kappa shape index (κ2) is 5.48. The van der Waals surface area contributed by atoms with E-state index in [1.54, 1.807) is 18.2 Å². The molecule has 108 valence electrons. The highest BCUT2D eigenvalue weighted by molar-refractivity contribution is 5.81. The number of phenolic OH excluding ortho intramolecular Hbond substituents is 1. The van der Waals surface area contributed by atoms with E-state index in [9.17, 15) is 5.11 Å². The highest BCUT2D eigenvalue weighted by Gasteiger charge is 2.12. The lowest BCUT2D eigenvalue weighted by atomic mass is 10.2. The molecule has 1 heterocycles. The minimum Gasteiger partial charge on any atom is -0.507 e. The van der Waals surface area contributed by atoms with E-state index < -0.39 is 0 Å². The summed E-state index contributed by atoms with van der Waals surface area (Å²) in [7, 11) is 0. The maximum Gasteiger partial charge on any atom is 0.231 e. The van der Waals surface area contributed by atoms with Crippen molar-refractivity contribution in [2.75, 3.05) is 18.0 Å². The topological polar surface area (TPSA) is 49.5 Å². The van der Waals surface area contributed by atoms with Crippen molar-refractivity contribution in [3.63, 3.8) is 0 Å². The number of benzene rings is 2. The standard InChI is InChI=1S/C17H18N2O2/c1-3-19(4-2)12-9-10-14-16(11-12)21-17(18-14)13-7-5-6-8-15(13)20/h5-11,20H,3-4H2,1-2H3. The van der Waals surface area contributed by atoms with Gasteiger partial charge in [-0.1, -0.05) is 12.1 Å². The van der Waals surface area contributed by atoms with Crippen molar-refractivity contribution < 1.29 is 9.52 Å². The Labute approximate surface area is 123 Å². The smallest absolute Gasteiger partial charge is 0.231 e. The molecule has 1 aromatic heterocycles. The summed E-state index contributed by atoms with van der Waals surface area (Å²) in [4.78, 5) is 6.70. The Balaban J connectivity index is 2.07. The molecule has 0 fully saturated rings. The molecule has 0 aliphatic heterocycles. The monoisotopic (exact) mass is 282 g/mol. The van der Waals surface area contributed by atoms with E-state index >= 15 is 0 Å². The van der Waals surface area contributed by atoms with Crippen LogP contribution in [0.5, 0.6) is 5.75 Å². The highest BCUT2D eigenvalue weighted by atomic mass is 16.3. The van der Waals surface area contributed by atoms with Gasteiger partial charge in [-0.25, -0.2) is 4.98 Å². The molecule has 0 saturated carbocycles. The Hall–Kier alpha value is -2.49. The Kier molecular flexibility index (Phi) is 3.52. The number of aromatic hydroxyl groups is 1. The summed E-state index contributed by atoms with van der Waals surface area (Å²) < 4.78 is 5.82. The van der Waals surface area contributed by atoms with Crippen LogP contribution < -0.4 is 4.90 Å². The van der Waals surface area contributed by atoms with Gasteiger partial charge in [0.2, 0.25) is 5.89 Å². The van der Waals surface area contributed by atoms with Crippen molar-refractivity contribution in [2.24, 2.45) is 0 Å². The van der Waals surface area contributed by atoms with Crippen molar-refractivity contribution in [3.05, 3.63) is 42.5 Å². The number of fused-ring (bicyclic) bond motifs is 1. The van der Waals surface area contributed by atoms with Crippen molar-refractivity contribution in [3.8, 4) is 17.2 Å². The third-order valence-electron chi connectivity index (χ3n) is 3.64. The van der Waals surface area contributed by atoms with Gasteiger partial charge in [-0.15, -0.1) is 0 Å². The predicted molar refractivity (Wildman–Crippen MR) is 84.7 cm³/mol. The van der Waals surface area contributed by atoms with Gasteiger partial charge < -0.3 is 14.4 Å². The zero-order valence-electron chi connectivity index (χ0n) is 12.2. The van der Waals surface area contributed by atoms with Gasteiger partial charge in [0.1, 0.15) is 11.3 Å². The number of rotatable bonds is 4. The molecular formula is C17H18N2O2. The van der Waals surface area contributed by atoms with E-state index in [1.807, 2.05) is 24.3 Å². The number of oxazole rings is 1. The lowest BCUT2D eigenvalue weighted by Crippen LogP contribution is -2.21. The molecule has 0 saturated heterocycles. The van der Waals surface area contributed by atoms with E-state index in [-0.39, 0.29) is 5.75 Å². The van der Waals surface area contributed by atoms with Gasteiger partial charge in [-0.3, -0.25) is 0 Å². The lowest BCUT2D eigenvalue weighted by molar-refractivity contribution is 0.474. The SMILES string of the molecule is CCN(CC)c1ccc2nc(-c3ccccc3O)oc2c1. The molecule has 0 aliphatic carbocycles. The predicted octanol–water partition coefficient (Wildman–Crippen LogP) is 4.05. The van der Waals surface area contributed by atoms with Crippen LogP contribution in [0.4, 0.5) is 5.69 Å². The number of nitrogens with zero attached hydrogens (tertiary/aromatic N) is 2. The summed E-state index contributed by atoms with van der Waals surface area (Å²) in [6.07, 6.45) is 0. The molecule has 1 N–H and O–H groups in total. The molecule has 0 aliphatic rings. The van der Waals surface area contributed by atoms with Crippen LogP contribution in [0.1, 0.15) is 13.8 Å².